The van der Waals surface area contributed by atoms with E-state index in [-0.39, 0.29) is 5.41 Å². The van der Waals surface area contributed by atoms with Gasteiger partial charge in [-0.2, -0.15) is 0 Å². The summed E-state index contributed by atoms with van der Waals surface area (Å²) in [5, 5.41) is 0. The van der Waals surface area contributed by atoms with Crippen molar-refractivity contribution in [2.75, 3.05) is 13.6 Å². The second kappa shape index (κ2) is 3.24. The van der Waals surface area contributed by atoms with Crippen LogP contribution in [0.3, 0.4) is 0 Å². The summed E-state index contributed by atoms with van der Waals surface area (Å²) in [5.41, 5.74) is 3.40. The van der Waals surface area contributed by atoms with Gasteiger partial charge in [0.15, 0.2) is 0 Å². The van der Waals surface area contributed by atoms with Gasteiger partial charge in [-0.15, -0.1) is 0 Å². The lowest BCUT2D eigenvalue weighted by atomic mass is 9.54. The van der Waals surface area contributed by atoms with Gasteiger partial charge < -0.3 is 9.64 Å². The van der Waals surface area contributed by atoms with E-state index in [4.69, 9.17) is 4.74 Å². The molecule has 1 saturated heterocycles. The van der Waals surface area contributed by atoms with Crippen LogP contribution in [0.4, 0.5) is 0 Å². The van der Waals surface area contributed by atoms with Crippen LogP contribution in [-0.2, 0) is 11.8 Å². The Morgan fingerprint density at radius 2 is 2.32 bits per heavy atom. The standard InChI is InChI=1S/C17H19NO/c1-18-9-8-17-12-5-3-7-15(17)19-14-6-2-4-11(16(14)17)10-13(12)18/h2-6,12-13,15H,7-10H2,1H3/t12-,13+,15-,17+/m0/s1. The Kier molecular flexibility index (Phi) is 1.79. The van der Waals surface area contributed by atoms with Gasteiger partial charge in [-0.3, -0.25) is 0 Å². The predicted octanol–water partition coefficient (Wildman–Crippen LogP) is 2.52. The van der Waals surface area contributed by atoms with Crippen LogP contribution in [0.25, 0.3) is 0 Å². The first kappa shape index (κ1) is 10.5. The summed E-state index contributed by atoms with van der Waals surface area (Å²) >= 11 is 0. The molecule has 2 bridgehead atoms. The van der Waals surface area contributed by atoms with Crippen molar-refractivity contribution in [2.24, 2.45) is 5.92 Å². The van der Waals surface area contributed by atoms with Gasteiger partial charge in [0.2, 0.25) is 0 Å². The van der Waals surface area contributed by atoms with Crippen molar-refractivity contribution in [3.05, 3.63) is 41.5 Å². The van der Waals surface area contributed by atoms with Gasteiger partial charge in [-0.1, -0.05) is 24.3 Å². The van der Waals surface area contributed by atoms with Gasteiger partial charge >= 0.3 is 0 Å². The summed E-state index contributed by atoms with van der Waals surface area (Å²) < 4.78 is 6.34. The molecule has 0 N–H and O–H groups in total. The molecule has 2 heterocycles. The highest BCUT2D eigenvalue weighted by Gasteiger charge is 2.61. The molecule has 2 heteroatoms. The molecule has 2 nitrogen and oxygen atoms in total. The van der Waals surface area contributed by atoms with Crippen LogP contribution in [-0.4, -0.2) is 30.6 Å². The normalized spacial score (nSPS) is 41.8. The Labute approximate surface area is 114 Å². The lowest BCUT2D eigenvalue weighted by Crippen LogP contribution is -2.62. The van der Waals surface area contributed by atoms with Crippen molar-refractivity contribution in [1.82, 2.24) is 4.90 Å². The third-order valence-corrected chi connectivity index (χ3v) is 6.00. The topological polar surface area (TPSA) is 12.5 Å². The number of rotatable bonds is 0. The van der Waals surface area contributed by atoms with E-state index in [0.717, 1.165) is 6.42 Å². The Bertz CT molecular complexity index is 593. The molecule has 2 aliphatic carbocycles. The monoisotopic (exact) mass is 253 g/mol. The van der Waals surface area contributed by atoms with Gasteiger partial charge in [-0.05, 0) is 38.1 Å². The molecule has 1 aromatic carbocycles. The largest absolute Gasteiger partial charge is 0.489 e. The van der Waals surface area contributed by atoms with Gasteiger partial charge in [0.1, 0.15) is 11.9 Å². The first-order valence-electron chi connectivity index (χ1n) is 7.46. The quantitative estimate of drug-likeness (QED) is 0.659. The molecule has 19 heavy (non-hydrogen) atoms. The zero-order valence-electron chi connectivity index (χ0n) is 11.3. The molecule has 5 rings (SSSR count). The number of ether oxygens (including phenoxy) is 1. The molecule has 0 amide bonds. The lowest BCUT2D eigenvalue weighted by molar-refractivity contribution is 0.00221. The summed E-state index contributed by atoms with van der Waals surface area (Å²) in [6.07, 6.45) is 8.76. The number of likely N-dealkylation sites (tertiary alicyclic amines) is 1. The highest BCUT2D eigenvalue weighted by molar-refractivity contribution is 5.55. The molecule has 1 spiro atoms. The van der Waals surface area contributed by atoms with Crippen molar-refractivity contribution in [3.63, 3.8) is 0 Å². The number of benzene rings is 1. The average molecular weight is 253 g/mol. The molecule has 4 atom stereocenters. The zero-order valence-corrected chi connectivity index (χ0v) is 11.3. The fourth-order valence-electron chi connectivity index (χ4n) is 5.19. The second-order valence-electron chi connectivity index (χ2n) is 6.63. The Hall–Kier alpha value is -1.28. The minimum atomic E-state index is 0.288. The summed E-state index contributed by atoms with van der Waals surface area (Å²) in [5.74, 6) is 1.83. The molecule has 98 valence electrons. The van der Waals surface area contributed by atoms with Crippen LogP contribution >= 0.6 is 0 Å². The van der Waals surface area contributed by atoms with E-state index >= 15 is 0 Å². The minimum absolute atomic E-state index is 0.288. The van der Waals surface area contributed by atoms with E-state index < -0.39 is 0 Å². The Morgan fingerprint density at radius 1 is 1.37 bits per heavy atom. The van der Waals surface area contributed by atoms with E-state index in [9.17, 15) is 0 Å². The van der Waals surface area contributed by atoms with Crippen LogP contribution in [0, 0.1) is 5.92 Å². The molecule has 2 aliphatic heterocycles. The van der Waals surface area contributed by atoms with Crippen molar-refractivity contribution in [1.29, 1.82) is 0 Å². The molecule has 0 unspecified atom stereocenters. The smallest absolute Gasteiger partial charge is 0.123 e. The Morgan fingerprint density at radius 3 is 3.26 bits per heavy atom. The SMILES string of the molecule is CN1CC[C@]23c4c5cccc4O[C@H]2CC=C[C@H]3[C@H]1C5. The zero-order chi connectivity index (χ0) is 12.6. The molecule has 4 aliphatic rings. The first-order valence-corrected chi connectivity index (χ1v) is 7.46. The fraction of sp³-hybridized carbons (Fsp3) is 0.529. The van der Waals surface area contributed by atoms with E-state index in [1.165, 1.54) is 25.1 Å². The second-order valence-corrected chi connectivity index (χ2v) is 6.63. The maximum Gasteiger partial charge on any atom is 0.123 e. The highest BCUT2D eigenvalue weighted by Crippen LogP contribution is 2.60. The number of piperidine rings is 1. The van der Waals surface area contributed by atoms with Crippen molar-refractivity contribution < 1.29 is 4.74 Å². The van der Waals surface area contributed by atoms with E-state index in [2.05, 4.69) is 42.3 Å². The third kappa shape index (κ3) is 1.05. The van der Waals surface area contributed by atoms with Gasteiger partial charge in [0, 0.05) is 29.4 Å². The van der Waals surface area contributed by atoms with Gasteiger partial charge in [-0.25, -0.2) is 0 Å². The summed E-state index contributed by atoms with van der Waals surface area (Å²) in [6, 6.07) is 7.34. The molecular weight excluding hydrogens is 234 g/mol. The minimum Gasteiger partial charge on any atom is -0.489 e. The predicted molar refractivity (Wildman–Crippen MR) is 74.5 cm³/mol. The Balaban J connectivity index is 1.84. The van der Waals surface area contributed by atoms with Gasteiger partial charge in [0.25, 0.3) is 0 Å². The third-order valence-electron chi connectivity index (χ3n) is 6.00. The summed E-state index contributed by atoms with van der Waals surface area (Å²) in [4.78, 5) is 2.57. The number of likely N-dealkylation sites (N-methyl/N-ethyl adjacent to an activating group) is 1. The number of hydrogen-bond acceptors (Lipinski definition) is 2. The molecule has 0 radical (unpaired) electrons. The number of nitrogens with zero attached hydrogens (tertiary/aromatic N) is 1. The van der Waals surface area contributed by atoms with Crippen LogP contribution in [0.15, 0.2) is 30.4 Å². The maximum atomic E-state index is 6.34. The first-order chi connectivity index (χ1) is 9.30. The molecule has 0 saturated carbocycles. The van der Waals surface area contributed by atoms with Crippen LogP contribution in [0.1, 0.15) is 24.0 Å². The maximum absolute atomic E-state index is 6.34. The van der Waals surface area contributed by atoms with E-state index in [1.807, 2.05) is 0 Å². The van der Waals surface area contributed by atoms with E-state index in [0.29, 0.717) is 18.1 Å². The van der Waals surface area contributed by atoms with Crippen molar-refractivity contribution >= 4 is 0 Å². The van der Waals surface area contributed by atoms with E-state index in [1.54, 1.807) is 11.1 Å². The molecule has 1 aromatic rings. The van der Waals surface area contributed by atoms with Crippen molar-refractivity contribution in [2.45, 2.75) is 36.8 Å². The molecule has 0 aromatic heterocycles. The van der Waals surface area contributed by atoms with Crippen molar-refractivity contribution in [3.8, 4) is 5.75 Å². The van der Waals surface area contributed by atoms with Crippen LogP contribution in [0.5, 0.6) is 5.75 Å². The van der Waals surface area contributed by atoms with Gasteiger partial charge in [0.05, 0.1) is 0 Å². The number of hydrogen-bond donors (Lipinski definition) is 0. The van der Waals surface area contributed by atoms with Crippen LogP contribution in [0.2, 0.25) is 0 Å². The fourth-order valence-corrected chi connectivity index (χ4v) is 5.19. The lowest BCUT2D eigenvalue weighted by Gasteiger charge is -2.55. The molecular formula is C17H19NO. The summed E-state index contributed by atoms with van der Waals surface area (Å²) in [6.45, 7) is 1.21. The molecule has 1 fully saturated rings. The highest BCUT2D eigenvalue weighted by atomic mass is 16.5. The average Bonchev–Trinajstić information content (AvgIpc) is 2.76. The summed E-state index contributed by atoms with van der Waals surface area (Å²) in [7, 11) is 2.29. The van der Waals surface area contributed by atoms with Crippen LogP contribution < -0.4 is 4.74 Å².